The molecule has 0 bridgehead atoms. The number of carbonyl (C=O) groups excluding carboxylic acids is 1. The molecule has 0 unspecified atom stereocenters. The number of aryl methyl sites for hydroxylation is 1. The normalized spacial score (nSPS) is 10.2. The number of nitrogens with zero attached hydrogens (tertiary/aromatic N) is 2. The first-order valence-corrected chi connectivity index (χ1v) is 6.34. The summed E-state index contributed by atoms with van der Waals surface area (Å²) in [4.78, 5) is 22.3. The Bertz CT molecular complexity index is 637. The fourth-order valence-electron chi connectivity index (χ4n) is 1.81. The standard InChI is InChI=1S/C14H16N4O2/c15-14(20)16-9-4-10-18-13(19)8-7-12(17-18)11-5-2-1-3-6-11/h1-3,5-8H,4,9-10H2,(H3,15,16,20). The molecule has 6 nitrogen and oxygen atoms in total. The fraction of sp³-hybridized carbons (Fsp3) is 0.214. The van der Waals surface area contributed by atoms with Gasteiger partial charge < -0.3 is 11.1 Å². The van der Waals surface area contributed by atoms with E-state index in [1.165, 1.54) is 10.7 Å². The molecule has 0 aliphatic heterocycles. The highest BCUT2D eigenvalue weighted by atomic mass is 16.2. The average Bonchev–Trinajstić information content (AvgIpc) is 2.46. The van der Waals surface area contributed by atoms with Crippen LogP contribution in [-0.2, 0) is 6.54 Å². The third kappa shape index (κ3) is 3.68. The third-order valence-corrected chi connectivity index (χ3v) is 2.78. The Morgan fingerprint density at radius 1 is 1.20 bits per heavy atom. The number of urea groups is 1. The lowest BCUT2D eigenvalue weighted by molar-refractivity contribution is 0.248. The second kappa shape index (κ2) is 6.51. The molecule has 0 fully saturated rings. The van der Waals surface area contributed by atoms with Crippen LogP contribution >= 0.6 is 0 Å². The maximum absolute atomic E-state index is 11.7. The summed E-state index contributed by atoms with van der Waals surface area (Å²) in [7, 11) is 0. The van der Waals surface area contributed by atoms with E-state index in [0.717, 1.165) is 11.3 Å². The van der Waals surface area contributed by atoms with E-state index in [2.05, 4.69) is 10.4 Å². The number of nitrogens with one attached hydrogen (secondary N) is 1. The number of amides is 2. The molecule has 3 N–H and O–H groups in total. The van der Waals surface area contributed by atoms with Crippen LogP contribution in [0.15, 0.2) is 47.3 Å². The van der Waals surface area contributed by atoms with E-state index in [-0.39, 0.29) is 5.56 Å². The van der Waals surface area contributed by atoms with Crippen molar-refractivity contribution in [1.82, 2.24) is 15.1 Å². The number of carbonyl (C=O) groups is 1. The molecule has 0 spiro atoms. The van der Waals surface area contributed by atoms with Gasteiger partial charge in [-0.15, -0.1) is 0 Å². The molecule has 6 heteroatoms. The second-order valence-electron chi connectivity index (χ2n) is 4.29. The van der Waals surface area contributed by atoms with Gasteiger partial charge >= 0.3 is 6.03 Å². The number of benzene rings is 1. The fourth-order valence-corrected chi connectivity index (χ4v) is 1.81. The van der Waals surface area contributed by atoms with Gasteiger partial charge in [0.2, 0.25) is 0 Å². The number of nitrogens with two attached hydrogens (primary N) is 1. The number of primary amides is 1. The van der Waals surface area contributed by atoms with Gasteiger partial charge in [0.25, 0.3) is 5.56 Å². The van der Waals surface area contributed by atoms with Crippen molar-refractivity contribution in [1.29, 1.82) is 0 Å². The van der Waals surface area contributed by atoms with Crippen LogP contribution in [0.25, 0.3) is 11.3 Å². The summed E-state index contributed by atoms with van der Waals surface area (Å²) in [5, 5.41) is 6.80. The van der Waals surface area contributed by atoms with Gasteiger partial charge in [-0.2, -0.15) is 5.10 Å². The van der Waals surface area contributed by atoms with E-state index in [4.69, 9.17) is 5.73 Å². The molecule has 2 amide bonds. The first kappa shape index (κ1) is 13.8. The zero-order valence-electron chi connectivity index (χ0n) is 11.0. The quantitative estimate of drug-likeness (QED) is 0.795. The average molecular weight is 272 g/mol. The van der Waals surface area contributed by atoms with Gasteiger partial charge in [0.1, 0.15) is 0 Å². The molecule has 1 aromatic carbocycles. The summed E-state index contributed by atoms with van der Waals surface area (Å²) < 4.78 is 1.39. The van der Waals surface area contributed by atoms with Gasteiger partial charge in [-0.1, -0.05) is 30.3 Å². The first-order valence-electron chi connectivity index (χ1n) is 6.34. The van der Waals surface area contributed by atoms with E-state index in [1.54, 1.807) is 6.07 Å². The Labute approximate surface area is 116 Å². The van der Waals surface area contributed by atoms with Gasteiger partial charge in [-0.3, -0.25) is 4.79 Å². The summed E-state index contributed by atoms with van der Waals surface area (Å²) in [5.41, 5.74) is 6.50. The highest BCUT2D eigenvalue weighted by Crippen LogP contribution is 2.13. The molecular formula is C14H16N4O2. The van der Waals surface area contributed by atoms with Crippen molar-refractivity contribution in [2.45, 2.75) is 13.0 Å². The predicted molar refractivity (Wildman–Crippen MR) is 76.1 cm³/mol. The van der Waals surface area contributed by atoms with Crippen molar-refractivity contribution in [3.63, 3.8) is 0 Å². The molecule has 0 aliphatic carbocycles. The summed E-state index contributed by atoms with van der Waals surface area (Å²) >= 11 is 0. The molecule has 0 aliphatic rings. The van der Waals surface area contributed by atoms with Crippen LogP contribution in [0.2, 0.25) is 0 Å². The molecule has 20 heavy (non-hydrogen) atoms. The number of hydrogen-bond donors (Lipinski definition) is 2. The Kier molecular flexibility index (Phi) is 4.49. The van der Waals surface area contributed by atoms with E-state index >= 15 is 0 Å². The summed E-state index contributed by atoms with van der Waals surface area (Å²) in [6.07, 6.45) is 0.591. The minimum Gasteiger partial charge on any atom is -0.352 e. The summed E-state index contributed by atoms with van der Waals surface area (Å²) in [6.45, 7) is 0.846. The molecule has 0 saturated heterocycles. The maximum atomic E-state index is 11.7. The zero-order valence-corrected chi connectivity index (χ0v) is 11.0. The Balaban J connectivity index is 2.09. The zero-order chi connectivity index (χ0) is 14.4. The lowest BCUT2D eigenvalue weighted by atomic mass is 10.1. The molecule has 2 rings (SSSR count). The molecule has 2 aromatic rings. The first-order chi connectivity index (χ1) is 9.66. The van der Waals surface area contributed by atoms with Gasteiger partial charge in [-0.05, 0) is 12.5 Å². The van der Waals surface area contributed by atoms with Crippen LogP contribution in [0.5, 0.6) is 0 Å². The van der Waals surface area contributed by atoms with Crippen molar-refractivity contribution in [3.05, 3.63) is 52.8 Å². The highest BCUT2D eigenvalue weighted by molar-refractivity contribution is 5.71. The Morgan fingerprint density at radius 3 is 2.65 bits per heavy atom. The van der Waals surface area contributed by atoms with Crippen LogP contribution in [0.4, 0.5) is 4.79 Å². The molecule has 0 saturated carbocycles. The van der Waals surface area contributed by atoms with Gasteiger partial charge in [-0.25, -0.2) is 9.48 Å². The Hall–Kier alpha value is -2.63. The largest absolute Gasteiger partial charge is 0.352 e. The van der Waals surface area contributed by atoms with Gasteiger partial charge in [0.05, 0.1) is 5.69 Å². The van der Waals surface area contributed by atoms with Crippen molar-refractivity contribution in [3.8, 4) is 11.3 Å². The van der Waals surface area contributed by atoms with Crippen molar-refractivity contribution in [2.75, 3.05) is 6.54 Å². The molecule has 0 radical (unpaired) electrons. The van der Waals surface area contributed by atoms with Gasteiger partial charge in [0.15, 0.2) is 0 Å². The topological polar surface area (TPSA) is 90.0 Å². The summed E-state index contributed by atoms with van der Waals surface area (Å²) in [5.74, 6) is 0. The summed E-state index contributed by atoms with van der Waals surface area (Å²) in [6, 6.07) is 12.3. The van der Waals surface area contributed by atoms with Crippen LogP contribution in [0.3, 0.4) is 0 Å². The minimum atomic E-state index is -0.566. The monoisotopic (exact) mass is 272 g/mol. The number of hydrogen-bond acceptors (Lipinski definition) is 3. The van der Waals surface area contributed by atoms with Crippen LogP contribution in [0, 0.1) is 0 Å². The lowest BCUT2D eigenvalue weighted by Crippen LogP contribution is -2.31. The smallest absolute Gasteiger partial charge is 0.312 e. The molecular weight excluding hydrogens is 256 g/mol. The Morgan fingerprint density at radius 2 is 1.95 bits per heavy atom. The van der Waals surface area contributed by atoms with Crippen LogP contribution < -0.4 is 16.6 Å². The van der Waals surface area contributed by atoms with Crippen LogP contribution in [-0.4, -0.2) is 22.4 Å². The SMILES string of the molecule is NC(=O)NCCCn1nc(-c2ccccc2)ccc1=O. The minimum absolute atomic E-state index is 0.163. The molecule has 1 aromatic heterocycles. The van der Waals surface area contributed by atoms with Crippen molar-refractivity contribution < 1.29 is 4.79 Å². The number of aromatic nitrogens is 2. The maximum Gasteiger partial charge on any atom is 0.312 e. The lowest BCUT2D eigenvalue weighted by Gasteiger charge is -2.07. The van der Waals surface area contributed by atoms with E-state index in [1.807, 2.05) is 30.3 Å². The van der Waals surface area contributed by atoms with Crippen LogP contribution in [0.1, 0.15) is 6.42 Å². The van der Waals surface area contributed by atoms with E-state index in [9.17, 15) is 9.59 Å². The van der Waals surface area contributed by atoms with Crippen molar-refractivity contribution in [2.24, 2.45) is 5.73 Å². The van der Waals surface area contributed by atoms with E-state index in [0.29, 0.717) is 19.5 Å². The highest BCUT2D eigenvalue weighted by Gasteiger charge is 2.03. The predicted octanol–water partition coefficient (Wildman–Crippen LogP) is 0.969. The molecule has 1 heterocycles. The number of rotatable bonds is 5. The van der Waals surface area contributed by atoms with Crippen molar-refractivity contribution >= 4 is 6.03 Å². The van der Waals surface area contributed by atoms with E-state index < -0.39 is 6.03 Å². The third-order valence-electron chi connectivity index (χ3n) is 2.78. The molecule has 0 atom stereocenters. The second-order valence-corrected chi connectivity index (χ2v) is 4.29. The molecule has 104 valence electrons. The van der Waals surface area contributed by atoms with Gasteiger partial charge in [0, 0.05) is 24.7 Å².